The molecule has 0 saturated carbocycles. The fourth-order valence-electron chi connectivity index (χ4n) is 0.587. The molecule has 0 bridgehead atoms. The van der Waals surface area contributed by atoms with Gasteiger partial charge in [-0.1, -0.05) is 6.58 Å². The summed E-state index contributed by atoms with van der Waals surface area (Å²) < 4.78 is 1.55. The smallest absolute Gasteiger partial charge is 0.176 e. The minimum absolute atomic E-state index is 0.651. The highest BCUT2D eigenvalue weighted by Gasteiger charge is 1.93. The molecule has 4 nitrogen and oxygen atoms in total. The Labute approximate surface area is 58.9 Å². The van der Waals surface area contributed by atoms with Crippen LogP contribution in [0, 0.1) is 0 Å². The van der Waals surface area contributed by atoms with Crippen molar-refractivity contribution in [3.63, 3.8) is 0 Å². The maximum Gasteiger partial charge on any atom is 0.176 e. The molecule has 0 unspecified atom stereocenters. The van der Waals surface area contributed by atoms with E-state index in [0.29, 0.717) is 5.82 Å². The van der Waals surface area contributed by atoms with Crippen LogP contribution in [0.5, 0.6) is 0 Å². The van der Waals surface area contributed by atoms with Crippen molar-refractivity contribution in [1.29, 1.82) is 0 Å². The third-order valence-electron chi connectivity index (χ3n) is 0.978. The molecular weight excluding hydrogens is 128 g/mol. The van der Waals surface area contributed by atoms with Crippen molar-refractivity contribution >= 4 is 12.3 Å². The molecule has 1 aromatic heterocycles. The fraction of sp³-hybridized carbons (Fsp3) is 0.167. The first-order valence-corrected chi connectivity index (χ1v) is 2.90. The van der Waals surface area contributed by atoms with Crippen molar-refractivity contribution in [2.75, 3.05) is 0 Å². The van der Waals surface area contributed by atoms with Crippen LogP contribution in [-0.4, -0.2) is 21.1 Å². The van der Waals surface area contributed by atoms with Gasteiger partial charge in [-0.15, -0.1) is 10.2 Å². The van der Waals surface area contributed by atoms with E-state index in [1.165, 1.54) is 6.33 Å². The molecule has 1 rings (SSSR count). The van der Waals surface area contributed by atoms with Crippen LogP contribution in [0.3, 0.4) is 0 Å². The monoisotopic (exact) mass is 136 g/mol. The van der Waals surface area contributed by atoms with Crippen LogP contribution >= 0.6 is 0 Å². The molecule has 1 heterocycles. The van der Waals surface area contributed by atoms with Gasteiger partial charge in [0.15, 0.2) is 5.82 Å². The predicted octanol–water partition coefficient (Wildman–Crippen LogP) is 0.775. The summed E-state index contributed by atoms with van der Waals surface area (Å²) in [6.07, 6.45) is 4.79. The average molecular weight is 136 g/mol. The fourth-order valence-corrected chi connectivity index (χ4v) is 0.587. The summed E-state index contributed by atoms with van der Waals surface area (Å²) in [5.41, 5.74) is 0. The second-order valence-corrected chi connectivity index (χ2v) is 1.61. The molecular formula is C6H8N4. The van der Waals surface area contributed by atoms with Gasteiger partial charge in [0.1, 0.15) is 6.33 Å². The summed E-state index contributed by atoms with van der Waals surface area (Å²) >= 11 is 0. The Morgan fingerprint density at radius 2 is 2.60 bits per heavy atom. The zero-order chi connectivity index (χ0) is 7.40. The summed E-state index contributed by atoms with van der Waals surface area (Å²) in [4.78, 5) is 0. The van der Waals surface area contributed by atoms with Gasteiger partial charge in [0.05, 0.1) is 0 Å². The van der Waals surface area contributed by atoms with Gasteiger partial charge in [0.25, 0.3) is 0 Å². The van der Waals surface area contributed by atoms with Gasteiger partial charge in [0, 0.05) is 6.21 Å². The minimum Gasteiger partial charge on any atom is -0.201 e. The summed E-state index contributed by atoms with van der Waals surface area (Å²) in [5.74, 6) is 0.651. The van der Waals surface area contributed by atoms with Gasteiger partial charge < -0.3 is 0 Å². The first kappa shape index (κ1) is 6.67. The van der Waals surface area contributed by atoms with Crippen molar-refractivity contribution in [2.45, 2.75) is 6.92 Å². The highest BCUT2D eigenvalue weighted by Crippen LogP contribution is 1.93. The second kappa shape index (κ2) is 2.91. The van der Waals surface area contributed by atoms with Crippen molar-refractivity contribution in [3.8, 4) is 0 Å². The van der Waals surface area contributed by atoms with E-state index in [9.17, 15) is 0 Å². The average Bonchev–Trinajstić information content (AvgIpc) is 2.36. The maximum atomic E-state index is 3.93. The molecule has 10 heavy (non-hydrogen) atoms. The van der Waals surface area contributed by atoms with Gasteiger partial charge in [-0.25, -0.2) is 4.68 Å². The summed E-state index contributed by atoms with van der Waals surface area (Å²) in [6, 6.07) is 0. The SMILES string of the molecule is C=Cc1nncn1/N=C\C. The Bertz CT molecular complexity index is 248. The lowest BCUT2D eigenvalue weighted by atomic mass is 10.6. The molecule has 0 aliphatic rings. The molecule has 0 saturated heterocycles. The number of hydrogen-bond donors (Lipinski definition) is 0. The molecule has 52 valence electrons. The third kappa shape index (κ3) is 1.10. The van der Waals surface area contributed by atoms with Crippen LogP contribution in [0.25, 0.3) is 6.08 Å². The van der Waals surface area contributed by atoms with Crippen LogP contribution in [-0.2, 0) is 0 Å². The van der Waals surface area contributed by atoms with Gasteiger partial charge >= 0.3 is 0 Å². The third-order valence-corrected chi connectivity index (χ3v) is 0.978. The summed E-state index contributed by atoms with van der Waals surface area (Å²) in [6.45, 7) is 5.38. The topological polar surface area (TPSA) is 43.1 Å². The standard InChI is InChI=1S/C6H8N4/c1-3-6-9-7-5-10(6)8-4-2/h3-5H,1H2,2H3/b8-4-. The van der Waals surface area contributed by atoms with Gasteiger partial charge in [0.2, 0.25) is 0 Å². The van der Waals surface area contributed by atoms with E-state index in [1.54, 1.807) is 17.0 Å². The van der Waals surface area contributed by atoms with Crippen LogP contribution in [0.15, 0.2) is 18.0 Å². The zero-order valence-corrected chi connectivity index (χ0v) is 5.73. The normalized spacial score (nSPS) is 10.5. The molecule has 0 aliphatic heterocycles. The van der Waals surface area contributed by atoms with E-state index < -0.39 is 0 Å². The van der Waals surface area contributed by atoms with E-state index in [4.69, 9.17) is 0 Å². The van der Waals surface area contributed by atoms with Crippen LogP contribution in [0.4, 0.5) is 0 Å². The Balaban J connectivity index is 3.00. The Morgan fingerprint density at radius 1 is 1.80 bits per heavy atom. The molecule has 4 heteroatoms. The molecule has 0 spiro atoms. The predicted molar refractivity (Wildman–Crippen MR) is 39.7 cm³/mol. The Morgan fingerprint density at radius 3 is 3.20 bits per heavy atom. The van der Waals surface area contributed by atoms with E-state index in [-0.39, 0.29) is 0 Å². The van der Waals surface area contributed by atoms with Crippen LogP contribution in [0.1, 0.15) is 12.7 Å². The lowest BCUT2D eigenvalue weighted by molar-refractivity contribution is 0.864. The van der Waals surface area contributed by atoms with E-state index in [0.717, 1.165) is 0 Å². The molecule has 1 aromatic rings. The maximum absolute atomic E-state index is 3.93. The van der Waals surface area contributed by atoms with E-state index in [1.807, 2.05) is 6.92 Å². The van der Waals surface area contributed by atoms with Gasteiger partial charge in [-0.2, -0.15) is 5.10 Å². The summed E-state index contributed by atoms with van der Waals surface area (Å²) in [7, 11) is 0. The van der Waals surface area contributed by atoms with Crippen LogP contribution < -0.4 is 0 Å². The minimum atomic E-state index is 0.651. The van der Waals surface area contributed by atoms with Gasteiger partial charge in [-0.05, 0) is 13.0 Å². The number of hydrogen-bond acceptors (Lipinski definition) is 3. The highest BCUT2D eigenvalue weighted by molar-refractivity contribution is 5.53. The zero-order valence-electron chi connectivity index (χ0n) is 5.73. The highest BCUT2D eigenvalue weighted by atomic mass is 15.4. The van der Waals surface area contributed by atoms with E-state index in [2.05, 4.69) is 21.9 Å². The summed E-state index contributed by atoms with van der Waals surface area (Å²) in [5, 5.41) is 11.3. The molecule has 0 fully saturated rings. The molecule has 0 aliphatic carbocycles. The van der Waals surface area contributed by atoms with E-state index >= 15 is 0 Å². The molecule has 0 radical (unpaired) electrons. The van der Waals surface area contributed by atoms with Crippen molar-refractivity contribution in [2.24, 2.45) is 5.10 Å². The van der Waals surface area contributed by atoms with Gasteiger partial charge in [-0.3, -0.25) is 0 Å². The molecule has 0 N–H and O–H groups in total. The lowest BCUT2D eigenvalue weighted by Crippen LogP contribution is -1.89. The molecule has 0 atom stereocenters. The lowest BCUT2D eigenvalue weighted by Gasteiger charge is -1.89. The number of rotatable bonds is 2. The van der Waals surface area contributed by atoms with Crippen molar-refractivity contribution in [3.05, 3.63) is 18.7 Å². The Hall–Kier alpha value is -1.45. The van der Waals surface area contributed by atoms with Crippen molar-refractivity contribution < 1.29 is 0 Å². The number of nitrogens with zero attached hydrogens (tertiary/aromatic N) is 4. The first-order valence-electron chi connectivity index (χ1n) is 2.90. The number of aromatic nitrogens is 3. The van der Waals surface area contributed by atoms with Crippen molar-refractivity contribution in [1.82, 2.24) is 14.9 Å². The molecule has 0 amide bonds. The largest absolute Gasteiger partial charge is 0.201 e. The molecule has 0 aromatic carbocycles. The van der Waals surface area contributed by atoms with Crippen LogP contribution in [0.2, 0.25) is 0 Å². The Kier molecular flexibility index (Phi) is 1.94. The quantitative estimate of drug-likeness (QED) is 0.564. The first-order chi connectivity index (χ1) is 4.88. The second-order valence-electron chi connectivity index (χ2n) is 1.61.